The first-order valence-corrected chi connectivity index (χ1v) is 9.52. The maximum absolute atomic E-state index is 14.2. The van der Waals surface area contributed by atoms with Gasteiger partial charge in [0.25, 0.3) is 0 Å². The van der Waals surface area contributed by atoms with E-state index >= 15 is 0 Å². The average Bonchev–Trinajstić information content (AvgIpc) is 3.02. The molecule has 0 saturated carbocycles. The molecule has 1 aliphatic rings. The van der Waals surface area contributed by atoms with Crippen LogP contribution in [0.3, 0.4) is 0 Å². The second-order valence-electron chi connectivity index (χ2n) is 6.27. The minimum atomic E-state index is -4.48. The van der Waals surface area contributed by atoms with Crippen molar-refractivity contribution in [3.63, 3.8) is 0 Å². The summed E-state index contributed by atoms with van der Waals surface area (Å²) in [6.45, 7) is 1.83. The van der Waals surface area contributed by atoms with Gasteiger partial charge in [0, 0.05) is 0 Å². The summed E-state index contributed by atoms with van der Waals surface area (Å²) in [7, 11) is -4.48. The van der Waals surface area contributed by atoms with Gasteiger partial charge in [-0.1, -0.05) is 12.1 Å². The minimum absolute atomic E-state index is 0.307. The molecule has 0 saturated heterocycles. The van der Waals surface area contributed by atoms with Crippen LogP contribution in [0.1, 0.15) is 41.5 Å². The summed E-state index contributed by atoms with van der Waals surface area (Å²) in [6.07, 6.45) is 2.19. The van der Waals surface area contributed by atoms with Gasteiger partial charge in [0.1, 0.15) is 11.6 Å². The fourth-order valence-corrected chi connectivity index (χ4v) is 4.03. The Bertz CT molecular complexity index is 1060. The van der Waals surface area contributed by atoms with Gasteiger partial charge in [-0.05, 0) is 72.2 Å². The summed E-state index contributed by atoms with van der Waals surface area (Å²) in [4.78, 5) is -1.12. The molecule has 4 nitrogen and oxygen atoms in total. The first-order valence-electron chi connectivity index (χ1n) is 7.97. The summed E-state index contributed by atoms with van der Waals surface area (Å²) >= 11 is 0. The summed E-state index contributed by atoms with van der Waals surface area (Å²) in [5.74, 6) is -2.39. The highest BCUT2D eigenvalue weighted by atomic mass is 32.2. The predicted molar refractivity (Wildman–Crippen MR) is 94.3 cm³/mol. The number of nitrogens with zero attached hydrogens (tertiary/aromatic N) is 1. The summed E-state index contributed by atoms with van der Waals surface area (Å²) in [5.41, 5.74) is 4.31. The maximum atomic E-state index is 14.2. The minimum Gasteiger partial charge on any atom is -0.224 e. The molecular formula is C19H16F2N2O2S. The lowest BCUT2D eigenvalue weighted by Gasteiger charge is -2.12. The molecule has 134 valence electrons. The number of benzene rings is 2. The smallest absolute Gasteiger partial charge is 0.224 e. The summed E-state index contributed by atoms with van der Waals surface area (Å²) in [5, 5.41) is 13.9. The van der Waals surface area contributed by atoms with E-state index in [1.807, 2.05) is 19.1 Å². The number of halogens is 2. The van der Waals surface area contributed by atoms with E-state index in [1.54, 1.807) is 6.07 Å². The van der Waals surface area contributed by atoms with Crippen LogP contribution in [0.15, 0.2) is 35.2 Å². The Labute approximate surface area is 150 Å². The highest BCUT2D eigenvalue weighted by molar-refractivity contribution is 7.89. The summed E-state index contributed by atoms with van der Waals surface area (Å²) < 4.78 is 51.1. The molecule has 0 aliphatic heterocycles. The van der Waals surface area contributed by atoms with Gasteiger partial charge < -0.3 is 0 Å². The number of rotatable bonds is 3. The maximum Gasteiger partial charge on any atom is 0.243 e. The van der Waals surface area contributed by atoms with Crippen molar-refractivity contribution < 1.29 is 17.2 Å². The number of allylic oxidation sites excluding steroid dienone is 2. The Morgan fingerprint density at radius 3 is 2.12 bits per heavy atom. The molecule has 2 N–H and O–H groups in total. The molecule has 0 atom stereocenters. The Kier molecular flexibility index (Phi) is 4.65. The quantitative estimate of drug-likeness (QED) is 0.885. The van der Waals surface area contributed by atoms with E-state index in [0.29, 0.717) is 17.5 Å². The molecule has 2 aromatic carbocycles. The number of nitrogens with two attached hydrogens (primary N) is 1. The molecule has 0 unspecified atom stereocenters. The number of nitriles is 1. The predicted octanol–water partition coefficient (Wildman–Crippen LogP) is 3.89. The fourth-order valence-electron chi connectivity index (χ4n) is 3.36. The van der Waals surface area contributed by atoms with E-state index in [2.05, 4.69) is 6.07 Å². The van der Waals surface area contributed by atoms with Crippen LogP contribution < -0.4 is 5.14 Å². The van der Waals surface area contributed by atoms with Crippen molar-refractivity contribution in [1.29, 1.82) is 5.26 Å². The number of aryl methyl sites for hydroxylation is 1. The number of hydrogen-bond acceptors (Lipinski definition) is 3. The molecular weight excluding hydrogens is 358 g/mol. The third kappa shape index (κ3) is 3.26. The molecule has 0 radical (unpaired) electrons. The molecule has 3 rings (SSSR count). The van der Waals surface area contributed by atoms with E-state index in [0.717, 1.165) is 47.2 Å². The lowest BCUT2D eigenvalue weighted by Crippen LogP contribution is -2.16. The molecule has 0 bridgehead atoms. The van der Waals surface area contributed by atoms with Crippen molar-refractivity contribution in [2.75, 3.05) is 0 Å². The number of hydrogen-bond donors (Lipinski definition) is 1. The molecule has 0 fully saturated rings. The van der Waals surface area contributed by atoms with Gasteiger partial charge >= 0.3 is 0 Å². The SMILES string of the molecule is Cc1cc(C2=C(c3cc(F)c(S(N)(=O)=O)c(F)c3)CCC2)ccc1C#N. The van der Waals surface area contributed by atoms with Crippen LogP contribution in [0.4, 0.5) is 8.78 Å². The van der Waals surface area contributed by atoms with Gasteiger partial charge in [-0.2, -0.15) is 5.26 Å². The topological polar surface area (TPSA) is 84.0 Å². The molecule has 26 heavy (non-hydrogen) atoms. The summed E-state index contributed by atoms with van der Waals surface area (Å²) in [6, 6.07) is 9.55. The first kappa shape index (κ1) is 18.2. The van der Waals surface area contributed by atoms with Gasteiger partial charge in [-0.25, -0.2) is 22.3 Å². The van der Waals surface area contributed by atoms with Gasteiger partial charge in [-0.3, -0.25) is 0 Å². The third-order valence-corrected chi connectivity index (χ3v) is 5.50. The van der Waals surface area contributed by atoms with Crippen LogP contribution in [0.25, 0.3) is 11.1 Å². The van der Waals surface area contributed by atoms with Crippen LogP contribution in [0.5, 0.6) is 0 Å². The van der Waals surface area contributed by atoms with Crippen molar-refractivity contribution in [2.24, 2.45) is 5.14 Å². The highest BCUT2D eigenvalue weighted by Crippen LogP contribution is 2.41. The largest absolute Gasteiger partial charge is 0.243 e. The van der Waals surface area contributed by atoms with Gasteiger partial charge in [0.05, 0.1) is 11.6 Å². The Morgan fingerprint density at radius 2 is 1.62 bits per heavy atom. The van der Waals surface area contributed by atoms with Crippen molar-refractivity contribution >= 4 is 21.2 Å². The molecule has 0 spiro atoms. The Morgan fingerprint density at radius 1 is 1.04 bits per heavy atom. The van der Waals surface area contributed by atoms with Crippen LogP contribution in [0.2, 0.25) is 0 Å². The van der Waals surface area contributed by atoms with Crippen LogP contribution in [-0.4, -0.2) is 8.42 Å². The molecule has 0 aromatic heterocycles. The van der Waals surface area contributed by atoms with Gasteiger partial charge in [0.15, 0.2) is 4.90 Å². The standard InChI is InChI=1S/C19H16F2N2O2S/c1-11-7-12(5-6-13(11)10-22)15-3-2-4-16(15)14-8-17(20)19(18(21)9-14)26(23,24)25/h5-9H,2-4H2,1H3,(H2,23,24,25). The van der Waals surface area contributed by atoms with E-state index < -0.39 is 26.6 Å². The van der Waals surface area contributed by atoms with E-state index in [4.69, 9.17) is 10.4 Å². The number of sulfonamides is 1. The zero-order valence-electron chi connectivity index (χ0n) is 14.0. The first-order chi connectivity index (χ1) is 12.2. The molecule has 0 heterocycles. The molecule has 7 heteroatoms. The fraction of sp³-hybridized carbons (Fsp3) is 0.211. The normalized spacial score (nSPS) is 14.6. The average molecular weight is 374 g/mol. The monoisotopic (exact) mass is 374 g/mol. The zero-order valence-corrected chi connectivity index (χ0v) is 14.8. The lowest BCUT2D eigenvalue weighted by atomic mass is 9.94. The van der Waals surface area contributed by atoms with Crippen LogP contribution in [0, 0.1) is 29.9 Å². The molecule has 2 aromatic rings. The van der Waals surface area contributed by atoms with Crippen LogP contribution in [-0.2, 0) is 10.0 Å². The third-order valence-electron chi connectivity index (χ3n) is 4.54. The Balaban J connectivity index is 2.15. The van der Waals surface area contributed by atoms with E-state index in [-0.39, 0.29) is 0 Å². The molecule has 0 amide bonds. The van der Waals surface area contributed by atoms with Gasteiger partial charge in [0.2, 0.25) is 10.0 Å². The second kappa shape index (κ2) is 6.63. The van der Waals surface area contributed by atoms with Crippen molar-refractivity contribution in [3.05, 3.63) is 64.2 Å². The van der Waals surface area contributed by atoms with Crippen molar-refractivity contribution in [3.8, 4) is 6.07 Å². The molecule has 1 aliphatic carbocycles. The van der Waals surface area contributed by atoms with E-state index in [9.17, 15) is 17.2 Å². The zero-order chi connectivity index (χ0) is 19.1. The van der Waals surface area contributed by atoms with Crippen LogP contribution >= 0.6 is 0 Å². The van der Waals surface area contributed by atoms with Crippen molar-refractivity contribution in [2.45, 2.75) is 31.1 Å². The Hall–Kier alpha value is -2.56. The van der Waals surface area contributed by atoms with E-state index in [1.165, 1.54) is 0 Å². The highest BCUT2D eigenvalue weighted by Gasteiger charge is 2.25. The number of primary sulfonamides is 1. The van der Waals surface area contributed by atoms with Crippen molar-refractivity contribution in [1.82, 2.24) is 0 Å². The van der Waals surface area contributed by atoms with Gasteiger partial charge in [-0.15, -0.1) is 0 Å². The lowest BCUT2D eigenvalue weighted by molar-refractivity contribution is 0.519. The second-order valence-corrected chi connectivity index (χ2v) is 7.76.